The molecule has 0 spiro atoms. The highest BCUT2D eigenvalue weighted by Crippen LogP contribution is 2.30. The van der Waals surface area contributed by atoms with Crippen molar-refractivity contribution in [2.45, 2.75) is 33.2 Å². The lowest BCUT2D eigenvalue weighted by Gasteiger charge is -2.34. The summed E-state index contributed by atoms with van der Waals surface area (Å²) >= 11 is 0. The van der Waals surface area contributed by atoms with Crippen LogP contribution in [0.25, 0.3) is 0 Å². The van der Waals surface area contributed by atoms with E-state index in [0.717, 1.165) is 19.6 Å². The molecule has 0 aromatic carbocycles. The number of rotatable bonds is 2. The summed E-state index contributed by atoms with van der Waals surface area (Å²) in [5.74, 6) is 0. The molecule has 14 heavy (non-hydrogen) atoms. The maximum atomic E-state index is 4.17. The fourth-order valence-electron chi connectivity index (χ4n) is 2.15. The van der Waals surface area contributed by atoms with Crippen molar-refractivity contribution in [2.75, 3.05) is 13.1 Å². The van der Waals surface area contributed by atoms with E-state index in [9.17, 15) is 0 Å². The molecule has 1 aromatic rings. The Labute approximate surface area is 85.5 Å². The quantitative estimate of drug-likeness (QED) is 0.773. The molecule has 0 bridgehead atoms. The van der Waals surface area contributed by atoms with Gasteiger partial charge < -0.3 is 9.88 Å². The predicted molar refractivity (Wildman–Crippen MR) is 57.2 cm³/mol. The van der Waals surface area contributed by atoms with Gasteiger partial charge in [0, 0.05) is 18.4 Å². The molecule has 0 unspecified atom stereocenters. The van der Waals surface area contributed by atoms with Gasteiger partial charge in [-0.2, -0.15) is 0 Å². The highest BCUT2D eigenvalue weighted by atomic mass is 15.1. The van der Waals surface area contributed by atoms with E-state index in [2.05, 4.69) is 28.7 Å². The Morgan fingerprint density at radius 3 is 2.79 bits per heavy atom. The monoisotopic (exact) mass is 193 g/mol. The van der Waals surface area contributed by atoms with Crippen LogP contribution in [0.4, 0.5) is 0 Å². The molecule has 1 N–H and O–H groups in total. The van der Waals surface area contributed by atoms with Crippen molar-refractivity contribution in [1.29, 1.82) is 0 Å². The van der Waals surface area contributed by atoms with Gasteiger partial charge in [-0.1, -0.05) is 6.92 Å². The van der Waals surface area contributed by atoms with Gasteiger partial charge in [0.2, 0.25) is 0 Å². The van der Waals surface area contributed by atoms with Crippen LogP contribution in [-0.4, -0.2) is 22.6 Å². The van der Waals surface area contributed by atoms with E-state index < -0.39 is 0 Å². The molecule has 1 aliphatic rings. The van der Waals surface area contributed by atoms with Crippen LogP contribution in [0.3, 0.4) is 0 Å². The average molecular weight is 193 g/mol. The summed E-state index contributed by atoms with van der Waals surface area (Å²) in [6, 6.07) is 0. The lowest BCUT2D eigenvalue weighted by atomic mass is 9.81. The number of nitrogens with one attached hydrogen (secondary N) is 1. The van der Waals surface area contributed by atoms with Gasteiger partial charge in [0.25, 0.3) is 0 Å². The first-order valence-electron chi connectivity index (χ1n) is 5.37. The summed E-state index contributed by atoms with van der Waals surface area (Å²) < 4.78 is 2.27. The summed E-state index contributed by atoms with van der Waals surface area (Å²) in [5.41, 5.74) is 1.72. The summed E-state index contributed by atoms with van der Waals surface area (Å²) in [5, 5.41) is 3.41. The van der Waals surface area contributed by atoms with Gasteiger partial charge in [0.1, 0.15) is 0 Å². The third-order valence-electron chi connectivity index (χ3n) is 3.28. The molecule has 1 fully saturated rings. The summed E-state index contributed by atoms with van der Waals surface area (Å²) in [6.45, 7) is 7.93. The number of hydrogen-bond acceptors (Lipinski definition) is 2. The molecule has 0 amide bonds. The molecular weight excluding hydrogens is 174 g/mol. The van der Waals surface area contributed by atoms with Crippen molar-refractivity contribution in [3.63, 3.8) is 0 Å². The molecule has 3 heteroatoms. The summed E-state index contributed by atoms with van der Waals surface area (Å²) in [7, 11) is 0. The number of piperidine rings is 1. The highest BCUT2D eigenvalue weighted by Gasteiger charge is 2.27. The number of nitrogens with zero attached hydrogens (tertiary/aromatic N) is 2. The third kappa shape index (κ3) is 1.98. The maximum Gasteiger partial charge on any atom is 0.0948 e. The van der Waals surface area contributed by atoms with Crippen molar-refractivity contribution in [1.82, 2.24) is 14.9 Å². The number of imidazole rings is 1. The van der Waals surface area contributed by atoms with Crippen LogP contribution < -0.4 is 5.32 Å². The number of hydrogen-bond donors (Lipinski definition) is 1. The average Bonchev–Trinajstić information content (AvgIpc) is 2.52. The molecule has 2 heterocycles. The van der Waals surface area contributed by atoms with Crippen LogP contribution in [0.15, 0.2) is 12.5 Å². The van der Waals surface area contributed by atoms with E-state index in [1.807, 2.05) is 12.5 Å². The van der Waals surface area contributed by atoms with Crippen LogP contribution in [0.1, 0.15) is 25.5 Å². The SMILES string of the molecule is Cc1cncn1CC1(C)CCNCC1. The summed E-state index contributed by atoms with van der Waals surface area (Å²) in [6.07, 6.45) is 6.42. The second-order valence-electron chi connectivity index (χ2n) is 4.72. The Kier molecular flexibility index (Phi) is 2.59. The largest absolute Gasteiger partial charge is 0.334 e. The maximum absolute atomic E-state index is 4.17. The van der Waals surface area contributed by atoms with Crippen molar-refractivity contribution in [2.24, 2.45) is 5.41 Å². The Hall–Kier alpha value is -0.830. The van der Waals surface area contributed by atoms with E-state index >= 15 is 0 Å². The Morgan fingerprint density at radius 1 is 1.50 bits per heavy atom. The Bertz CT molecular complexity index is 297. The molecule has 3 nitrogen and oxygen atoms in total. The molecule has 78 valence electrons. The second kappa shape index (κ2) is 3.73. The molecule has 2 rings (SSSR count). The highest BCUT2D eigenvalue weighted by molar-refractivity contribution is 4.96. The Morgan fingerprint density at radius 2 is 2.21 bits per heavy atom. The Balaban J connectivity index is 2.05. The third-order valence-corrected chi connectivity index (χ3v) is 3.28. The minimum absolute atomic E-state index is 0.455. The standard InChI is InChI=1S/C11H19N3/c1-10-7-13-9-14(10)8-11(2)3-5-12-6-4-11/h7,9,12H,3-6,8H2,1-2H3. The van der Waals surface area contributed by atoms with E-state index in [0.29, 0.717) is 5.41 Å². The zero-order valence-electron chi connectivity index (χ0n) is 9.08. The minimum atomic E-state index is 0.455. The zero-order chi connectivity index (χ0) is 10.0. The van der Waals surface area contributed by atoms with E-state index in [-0.39, 0.29) is 0 Å². The van der Waals surface area contributed by atoms with Gasteiger partial charge in [-0.25, -0.2) is 4.98 Å². The van der Waals surface area contributed by atoms with Crippen molar-refractivity contribution in [3.8, 4) is 0 Å². The van der Waals surface area contributed by atoms with Gasteiger partial charge in [-0.3, -0.25) is 0 Å². The molecule has 0 atom stereocenters. The fraction of sp³-hybridized carbons (Fsp3) is 0.727. The van der Waals surface area contributed by atoms with Crippen molar-refractivity contribution >= 4 is 0 Å². The van der Waals surface area contributed by atoms with Gasteiger partial charge >= 0.3 is 0 Å². The second-order valence-corrected chi connectivity index (χ2v) is 4.72. The fourth-order valence-corrected chi connectivity index (χ4v) is 2.15. The summed E-state index contributed by atoms with van der Waals surface area (Å²) in [4.78, 5) is 4.17. The first kappa shape index (κ1) is 9.71. The molecule has 1 aromatic heterocycles. The lowest BCUT2D eigenvalue weighted by Crippen LogP contribution is -2.37. The van der Waals surface area contributed by atoms with Gasteiger partial charge in [0.05, 0.1) is 6.33 Å². The van der Waals surface area contributed by atoms with Crippen molar-refractivity contribution < 1.29 is 0 Å². The predicted octanol–water partition coefficient (Wildman–Crippen LogP) is 1.58. The van der Waals surface area contributed by atoms with Crippen LogP contribution in [0.5, 0.6) is 0 Å². The first-order chi connectivity index (χ1) is 6.70. The minimum Gasteiger partial charge on any atom is -0.334 e. The molecule has 0 radical (unpaired) electrons. The van der Waals surface area contributed by atoms with Gasteiger partial charge in [-0.05, 0) is 38.3 Å². The normalized spacial score (nSPS) is 21.0. The van der Waals surface area contributed by atoms with E-state index in [4.69, 9.17) is 0 Å². The molecule has 1 aliphatic heterocycles. The van der Waals surface area contributed by atoms with Crippen LogP contribution >= 0.6 is 0 Å². The smallest absolute Gasteiger partial charge is 0.0948 e. The molecular formula is C11H19N3. The van der Waals surface area contributed by atoms with E-state index in [1.54, 1.807) is 0 Å². The molecule has 0 saturated carbocycles. The van der Waals surface area contributed by atoms with E-state index in [1.165, 1.54) is 18.5 Å². The molecule has 0 aliphatic carbocycles. The topological polar surface area (TPSA) is 29.9 Å². The molecule has 1 saturated heterocycles. The number of aromatic nitrogens is 2. The number of aryl methyl sites for hydroxylation is 1. The first-order valence-corrected chi connectivity index (χ1v) is 5.37. The van der Waals surface area contributed by atoms with Crippen molar-refractivity contribution in [3.05, 3.63) is 18.2 Å². The lowest BCUT2D eigenvalue weighted by molar-refractivity contribution is 0.193. The zero-order valence-corrected chi connectivity index (χ0v) is 9.08. The van der Waals surface area contributed by atoms with Crippen LogP contribution in [-0.2, 0) is 6.54 Å². The van der Waals surface area contributed by atoms with Crippen LogP contribution in [0.2, 0.25) is 0 Å². The van der Waals surface area contributed by atoms with Gasteiger partial charge in [-0.15, -0.1) is 0 Å². The van der Waals surface area contributed by atoms with Crippen LogP contribution in [0, 0.1) is 12.3 Å². The van der Waals surface area contributed by atoms with Gasteiger partial charge in [0.15, 0.2) is 0 Å².